The lowest BCUT2D eigenvalue weighted by Crippen LogP contribution is -2.33. The molecule has 0 spiro atoms. The minimum atomic E-state index is -0.144. The summed E-state index contributed by atoms with van der Waals surface area (Å²) in [5.74, 6) is 0.583. The van der Waals surface area contributed by atoms with E-state index in [9.17, 15) is 4.79 Å². The number of hydrogen-bond acceptors (Lipinski definition) is 3. The van der Waals surface area contributed by atoms with Crippen molar-refractivity contribution in [2.24, 2.45) is 4.99 Å². The molecular formula is C10H10N2O2. The Kier molecular flexibility index (Phi) is 2.04. The van der Waals surface area contributed by atoms with E-state index < -0.39 is 0 Å². The van der Waals surface area contributed by atoms with Gasteiger partial charge in [0.1, 0.15) is 5.75 Å². The van der Waals surface area contributed by atoms with Crippen molar-refractivity contribution in [1.82, 2.24) is 4.98 Å². The zero-order valence-corrected chi connectivity index (χ0v) is 8.07. The SMILES string of the molecule is COc1cc2c(nc1C)=NC(=O)CC=2. The summed E-state index contributed by atoms with van der Waals surface area (Å²) >= 11 is 0. The average Bonchev–Trinajstić information content (AvgIpc) is 2.16. The largest absolute Gasteiger partial charge is 0.495 e. The molecule has 1 aromatic heterocycles. The molecule has 0 radical (unpaired) electrons. The van der Waals surface area contributed by atoms with Crippen LogP contribution in [0.5, 0.6) is 5.75 Å². The Morgan fingerprint density at radius 3 is 3.00 bits per heavy atom. The Labute approximate surface area is 81.0 Å². The van der Waals surface area contributed by atoms with Gasteiger partial charge < -0.3 is 4.74 Å². The fraction of sp³-hybridized carbons (Fsp3) is 0.300. The first-order valence-corrected chi connectivity index (χ1v) is 4.34. The molecule has 0 aliphatic carbocycles. The highest BCUT2D eigenvalue weighted by Gasteiger charge is 2.06. The molecule has 0 saturated heterocycles. The van der Waals surface area contributed by atoms with Gasteiger partial charge in [-0.2, -0.15) is 4.99 Å². The van der Waals surface area contributed by atoms with Crippen molar-refractivity contribution < 1.29 is 9.53 Å². The van der Waals surface area contributed by atoms with Crippen LogP contribution in [-0.4, -0.2) is 18.0 Å². The number of aryl methyl sites for hydroxylation is 1. The number of carbonyl (C=O) groups is 1. The van der Waals surface area contributed by atoms with Crippen molar-refractivity contribution in [1.29, 1.82) is 0 Å². The second-order valence-electron chi connectivity index (χ2n) is 3.10. The van der Waals surface area contributed by atoms with E-state index >= 15 is 0 Å². The Balaban J connectivity index is 2.74. The Bertz CT molecular complexity index is 506. The Hall–Kier alpha value is -1.71. The van der Waals surface area contributed by atoms with Crippen LogP contribution in [0.1, 0.15) is 12.1 Å². The minimum Gasteiger partial charge on any atom is -0.495 e. The average molecular weight is 190 g/mol. The van der Waals surface area contributed by atoms with Gasteiger partial charge in [-0.15, -0.1) is 0 Å². The summed E-state index contributed by atoms with van der Waals surface area (Å²) in [5, 5.41) is 0.868. The third-order valence-electron chi connectivity index (χ3n) is 2.12. The zero-order chi connectivity index (χ0) is 10.1. The van der Waals surface area contributed by atoms with E-state index in [0.29, 0.717) is 11.9 Å². The smallest absolute Gasteiger partial charge is 0.251 e. The second kappa shape index (κ2) is 3.21. The number of pyridine rings is 1. The maximum atomic E-state index is 11.0. The summed E-state index contributed by atoms with van der Waals surface area (Å²) in [6, 6.07) is 1.85. The van der Waals surface area contributed by atoms with Gasteiger partial charge in [0.05, 0.1) is 12.8 Å². The van der Waals surface area contributed by atoms with E-state index in [1.807, 2.05) is 19.1 Å². The molecule has 1 aliphatic heterocycles. The number of ether oxygens (including phenoxy) is 1. The van der Waals surface area contributed by atoms with Crippen LogP contribution < -0.4 is 15.4 Å². The van der Waals surface area contributed by atoms with Crippen LogP contribution >= 0.6 is 0 Å². The molecule has 0 aromatic carbocycles. The van der Waals surface area contributed by atoms with Crippen LogP contribution in [-0.2, 0) is 4.79 Å². The number of aromatic nitrogens is 1. The van der Waals surface area contributed by atoms with Crippen molar-refractivity contribution in [3.63, 3.8) is 0 Å². The molecule has 2 heterocycles. The van der Waals surface area contributed by atoms with Crippen LogP contribution in [0.15, 0.2) is 11.1 Å². The molecule has 4 heteroatoms. The van der Waals surface area contributed by atoms with Crippen molar-refractivity contribution in [3.05, 3.63) is 22.5 Å². The number of methoxy groups -OCH3 is 1. The maximum Gasteiger partial charge on any atom is 0.251 e. The monoisotopic (exact) mass is 190 g/mol. The highest BCUT2D eigenvalue weighted by molar-refractivity contribution is 5.82. The van der Waals surface area contributed by atoms with Gasteiger partial charge in [0.2, 0.25) is 0 Å². The first-order chi connectivity index (χ1) is 6.70. The summed E-state index contributed by atoms with van der Waals surface area (Å²) in [4.78, 5) is 19.1. The van der Waals surface area contributed by atoms with E-state index in [-0.39, 0.29) is 5.91 Å². The Morgan fingerprint density at radius 1 is 1.50 bits per heavy atom. The number of nitrogens with zero attached hydrogens (tertiary/aromatic N) is 2. The molecule has 0 bridgehead atoms. The van der Waals surface area contributed by atoms with Crippen molar-refractivity contribution in [3.8, 4) is 5.75 Å². The molecule has 72 valence electrons. The van der Waals surface area contributed by atoms with Crippen molar-refractivity contribution in [2.45, 2.75) is 13.3 Å². The standard InChI is InChI=1S/C10H10N2O2/c1-6-8(14-2)5-7-3-4-9(13)12-10(7)11-6/h3,5H,4H2,1-2H3. The first-order valence-electron chi connectivity index (χ1n) is 4.34. The lowest BCUT2D eigenvalue weighted by atomic mass is 10.2. The van der Waals surface area contributed by atoms with Gasteiger partial charge >= 0.3 is 0 Å². The third kappa shape index (κ3) is 1.39. The van der Waals surface area contributed by atoms with Gasteiger partial charge in [-0.25, -0.2) is 4.98 Å². The van der Waals surface area contributed by atoms with Gasteiger partial charge in [-0.05, 0) is 13.0 Å². The van der Waals surface area contributed by atoms with Crippen LogP contribution in [0.25, 0.3) is 6.08 Å². The van der Waals surface area contributed by atoms with Crippen LogP contribution in [0.3, 0.4) is 0 Å². The van der Waals surface area contributed by atoms with Crippen LogP contribution in [0.2, 0.25) is 0 Å². The van der Waals surface area contributed by atoms with E-state index in [4.69, 9.17) is 4.74 Å². The van der Waals surface area contributed by atoms with Gasteiger partial charge in [-0.3, -0.25) is 4.79 Å². The molecule has 1 amide bonds. The quantitative estimate of drug-likeness (QED) is 0.612. The molecule has 1 aromatic rings. The fourth-order valence-corrected chi connectivity index (χ4v) is 1.40. The predicted octanol–water partition coefficient (Wildman–Crippen LogP) is -0.271. The summed E-state index contributed by atoms with van der Waals surface area (Å²) in [5.41, 5.74) is 1.25. The van der Waals surface area contributed by atoms with E-state index in [1.54, 1.807) is 7.11 Å². The van der Waals surface area contributed by atoms with Crippen LogP contribution in [0, 0.1) is 6.92 Å². The number of amides is 1. The highest BCUT2D eigenvalue weighted by atomic mass is 16.5. The summed E-state index contributed by atoms with van der Waals surface area (Å²) in [6.45, 7) is 1.83. The molecule has 0 unspecified atom stereocenters. The normalized spacial score (nSPS) is 14.0. The molecule has 2 rings (SSSR count). The maximum absolute atomic E-state index is 11.0. The van der Waals surface area contributed by atoms with Gasteiger partial charge in [-0.1, -0.05) is 6.08 Å². The number of fused-ring (bicyclic) bond motifs is 1. The number of carbonyl (C=O) groups excluding carboxylic acids is 1. The fourth-order valence-electron chi connectivity index (χ4n) is 1.40. The topological polar surface area (TPSA) is 51.6 Å². The number of hydrogen-bond donors (Lipinski definition) is 0. The van der Waals surface area contributed by atoms with E-state index in [1.165, 1.54) is 0 Å². The lowest BCUT2D eigenvalue weighted by molar-refractivity contribution is -0.117. The van der Waals surface area contributed by atoms with Gasteiger partial charge in [0, 0.05) is 11.6 Å². The van der Waals surface area contributed by atoms with Crippen molar-refractivity contribution >= 4 is 12.0 Å². The summed E-state index contributed by atoms with van der Waals surface area (Å²) in [6.07, 6.45) is 2.17. The molecule has 4 nitrogen and oxygen atoms in total. The molecular weight excluding hydrogens is 180 g/mol. The van der Waals surface area contributed by atoms with E-state index in [0.717, 1.165) is 16.7 Å². The third-order valence-corrected chi connectivity index (χ3v) is 2.12. The lowest BCUT2D eigenvalue weighted by Gasteiger charge is -2.04. The molecule has 14 heavy (non-hydrogen) atoms. The molecule has 0 fully saturated rings. The van der Waals surface area contributed by atoms with E-state index in [2.05, 4.69) is 9.98 Å². The highest BCUT2D eigenvalue weighted by Crippen LogP contribution is 2.09. The number of rotatable bonds is 1. The minimum absolute atomic E-state index is 0.144. The Morgan fingerprint density at radius 2 is 2.29 bits per heavy atom. The van der Waals surface area contributed by atoms with Crippen LogP contribution in [0.4, 0.5) is 0 Å². The predicted molar refractivity (Wildman–Crippen MR) is 50.4 cm³/mol. The van der Waals surface area contributed by atoms with Gasteiger partial charge in [0.25, 0.3) is 5.91 Å². The van der Waals surface area contributed by atoms with Gasteiger partial charge in [0.15, 0.2) is 5.49 Å². The summed E-state index contributed by atoms with van der Waals surface area (Å²) < 4.78 is 5.13. The van der Waals surface area contributed by atoms with Crippen molar-refractivity contribution in [2.75, 3.05) is 7.11 Å². The first kappa shape index (κ1) is 8.87. The zero-order valence-electron chi connectivity index (χ0n) is 8.07. The molecule has 0 N–H and O–H groups in total. The molecule has 0 saturated carbocycles. The molecule has 1 aliphatic rings. The molecule has 0 atom stereocenters. The summed E-state index contributed by atoms with van der Waals surface area (Å²) in [7, 11) is 1.60. The second-order valence-corrected chi connectivity index (χ2v) is 3.10.